The molecule has 0 aromatic carbocycles. The third-order valence-electron chi connectivity index (χ3n) is 3.64. The highest BCUT2D eigenvalue weighted by molar-refractivity contribution is 5.35. The van der Waals surface area contributed by atoms with Crippen molar-refractivity contribution in [2.75, 3.05) is 0 Å². The third kappa shape index (κ3) is 1.99. The third-order valence-corrected chi connectivity index (χ3v) is 3.64. The van der Waals surface area contributed by atoms with E-state index in [1.54, 1.807) is 15.3 Å². The molecule has 0 unspecified atom stereocenters. The molecule has 1 aliphatic rings. The van der Waals surface area contributed by atoms with E-state index in [1.807, 2.05) is 18.2 Å². The summed E-state index contributed by atoms with van der Waals surface area (Å²) in [5.41, 5.74) is 0.736. The average Bonchev–Trinajstić information content (AvgIpc) is 2.68. The maximum atomic E-state index is 12.1. The lowest BCUT2D eigenvalue weighted by atomic mass is 9.89. The van der Waals surface area contributed by atoms with Gasteiger partial charge in [0.25, 0.3) is 0 Å². The summed E-state index contributed by atoms with van der Waals surface area (Å²) in [5.74, 6) is 0.631. The van der Waals surface area contributed by atoms with E-state index in [9.17, 15) is 4.79 Å². The molecule has 0 bridgehead atoms. The minimum Gasteiger partial charge on any atom is -0.250 e. The summed E-state index contributed by atoms with van der Waals surface area (Å²) < 4.78 is 3.24. The van der Waals surface area contributed by atoms with E-state index in [-0.39, 0.29) is 5.69 Å². The SMILES string of the molecule is O=c1n(CC2CCCCC2)nc2ccccn12. The number of aromatic nitrogens is 3. The zero-order valence-electron chi connectivity index (χ0n) is 9.88. The van der Waals surface area contributed by atoms with Crippen LogP contribution in [0.3, 0.4) is 0 Å². The van der Waals surface area contributed by atoms with E-state index in [0.29, 0.717) is 5.92 Å². The van der Waals surface area contributed by atoms with Gasteiger partial charge in [0.1, 0.15) is 0 Å². The second-order valence-corrected chi connectivity index (χ2v) is 4.90. The van der Waals surface area contributed by atoms with Crippen LogP contribution in [-0.4, -0.2) is 14.2 Å². The molecule has 0 radical (unpaired) electrons. The predicted molar refractivity (Wildman–Crippen MR) is 66.0 cm³/mol. The molecule has 17 heavy (non-hydrogen) atoms. The van der Waals surface area contributed by atoms with E-state index >= 15 is 0 Å². The van der Waals surface area contributed by atoms with Crippen molar-refractivity contribution in [2.24, 2.45) is 5.92 Å². The molecule has 0 N–H and O–H groups in total. The number of hydrogen-bond acceptors (Lipinski definition) is 2. The number of nitrogens with zero attached hydrogens (tertiary/aromatic N) is 3. The molecule has 2 heterocycles. The summed E-state index contributed by atoms with van der Waals surface area (Å²) in [5, 5.41) is 4.37. The fourth-order valence-electron chi connectivity index (χ4n) is 2.70. The molecule has 1 aliphatic carbocycles. The molecule has 4 heteroatoms. The van der Waals surface area contributed by atoms with Gasteiger partial charge in [-0.15, -0.1) is 5.10 Å². The number of hydrogen-bond donors (Lipinski definition) is 0. The molecule has 0 aliphatic heterocycles. The first-order valence-electron chi connectivity index (χ1n) is 6.39. The van der Waals surface area contributed by atoms with Crippen molar-refractivity contribution in [3.63, 3.8) is 0 Å². The van der Waals surface area contributed by atoms with Crippen molar-refractivity contribution in [3.8, 4) is 0 Å². The van der Waals surface area contributed by atoms with Gasteiger partial charge >= 0.3 is 5.69 Å². The number of pyridine rings is 1. The van der Waals surface area contributed by atoms with Gasteiger partial charge in [-0.05, 0) is 30.9 Å². The lowest BCUT2D eigenvalue weighted by Crippen LogP contribution is -2.25. The summed E-state index contributed by atoms with van der Waals surface area (Å²) in [4.78, 5) is 12.1. The maximum Gasteiger partial charge on any atom is 0.350 e. The van der Waals surface area contributed by atoms with Crippen molar-refractivity contribution in [3.05, 3.63) is 34.9 Å². The molecule has 1 fully saturated rings. The second-order valence-electron chi connectivity index (χ2n) is 4.90. The first-order valence-corrected chi connectivity index (χ1v) is 6.39. The molecule has 4 nitrogen and oxygen atoms in total. The Hall–Kier alpha value is -1.58. The molecular formula is C13H17N3O. The van der Waals surface area contributed by atoms with E-state index in [4.69, 9.17) is 0 Å². The summed E-state index contributed by atoms with van der Waals surface area (Å²) in [6, 6.07) is 5.65. The van der Waals surface area contributed by atoms with Gasteiger partial charge in [-0.1, -0.05) is 25.3 Å². The van der Waals surface area contributed by atoms with Crippen LogP contribution in [0.4, 0.5) is 0 Å². The van der Waals surface area contributed by atoms with Crippen LogP contribution in [-0.2, 0) is 6.54 Å². The van der Waals surface area contributed by atoms with Crippen molar-refractivity contribution in [1.29, 1.82) is 0 Å². The van der Waals surface area contributed by atoms with Crippen LogP contribution in [0.15, 0.2) is 29.2 Å². The topological polar surface area (TPSA) is 39.3 Å². The van der Waals surface area contributed by atoms with E-state index < -0.39 is 0 Å². The second kappa shape index (κ2) is 4.35. The maximum absolute atomic E-state index is 12.1. The van der Waals surface area contributed by atoms with Crippen LogP contribution in [0.2, 0.25) is 0 Å². The molecule has 0 saturated heterocycles. The van der Waals surface area contributed by atoms with Crippen molar-refractivity contribution >= 4 is 5.65 Å². The van der Waals surface area contributed by atoms with Crippen molar-refractivity contribution < 1.29 is 0 Å². The summed E-state index contributed by atoms with van der Waals surface area (Å²) >= 11 is 0. The van der Waals surface area contributed by atoms with Crippen molar-refractivity contribution in [2.45, 2.75) is 38.6 Å². The van der Waals surface area contributed by atoms with Crippen LogP contribution in [0.25, 0.3) is 5.65 Å². The van der Waals surface area contributed by atoms with Crippen LogP contribution in [0.1, 0.15) is 32.1 Å². The number of fused-ring (bicyclic) bond motifs is 1. The van der Waals surface area contributed by atoms with Gasteiger partial charge in [0.2, 0.25) is 0 Å². The van der Waals surface area contributed by atoms with Crippen LogP contribution < -0.4 is 5.69 Å². The Morgan fingerprint density at radius 2 is 2.06 bits per heavy atom. The zero-order valence-corrected chi connectivity index (χ0v) is 9.88. The van der Waals surface area contributed by atoms with Gasteiger partial charge in [-0.2, -0.15) is 0 Å². The van der Waals surface area contributed by atoms with Crippen LogP contribution in [0.5, 0.6) is 0 Å². The zero-order chi connectivity index (χ0) is 11.7. The lowest BCUT2D eigenvalue weighted by molar-refractivity contribution is 0.304. The Kier molecular flexibility index (Phi) is 2.71. The van der Waals surface area contributed by atoms with Gasteiger partial charge in [0, 0.05) is 12.7 Å². The molecule has 2 aromatic rings. The quantitative estimate of drug-likeness (QED) is 0.793. The minimum atomic E-state index is -0.00817. The molecule has 90 valence electrons. The fourth-order valence-corrected chi connectivity index (χ4v) is 2.70. The first-order chi connectivity index (χ1) is 8.34. The van der Waals surface area contributed by atoms with Gasteiger partial charge in [0.15, 0.2) is 5.65 Å². The first kappa shape index (κ1) is 10.6. The highest BCUT2D eigenvalue weighted by atomic mass is 16.2. The molecule has 0 spiro atoms. The highest BCUT2D eigenvalue weighted by Gasteiger charge is 2.16. The Morgan fingerprint density at radius 1 is 1.24 bits per heavy atom. The Morgan fingerprint density at radius 3 is 2.82 bits per heavy atom. The standard InChI is InChI=1S/C13H17N3O/c17-13-15-9-5-4-8-12(15)14-16(13)10-11-6-2-1-3-7-11/h4-5,8-9,11H,1-3,6-7,10H2. The highest BCUT2D eigenvalue weighted by Crippen LogP contribution is 2.24. The minimum absolute atomic E-state index is 0.00817. The largest absolute Gasteiger partial charge is 0.350 e. The Bertz CT molecular complexity index is 563. The van der Waals surface area contributed by atoms with E-state index in [0.717, 1.165) is 12.2 Å². The molecule has 1 saturated carbocycles. The summed E-state index contributed by atoms with van der Waals surface area (Å²) in [6.45, 7) is 0.778. The summed E-state index contributed by atoms with van der Waals surface area (Å²) in [7, 11) is 0. The molecule has 3 rings (SSSR count). The van der Waals surface area contributed by atoms with E-state index in [1.165, 1.54) is 32.1 Å². The van der Waals surface area contributed by atoms with Gasteiger partial charge < -0.3 is 0 Å². The lowest BCUT2D eigenvalue weighted by Gasteiger charge is -2.20. The van der Waals surface area contributed by atoms with Crippen molar-refractivity contribution in [1.82, 2.24) is 14.2 Å². The van der Waals surface area contributed by atoms with Gasteiger partial charge in [-0.3, -0.25) is 4.40 Å². The normalized spacial score (nSPS) is 17.6. The van der Waals surface area contributed by atoms with Gasteiger partial charge in [0.05, 0.1) is 0 Å². The van der Waals surface area contributed by atoms with Crippen LogP contribution in [0, 0.1) is 5.92 Å². The molecular weight excluding hydrogens is 214 g/mol. The molecule has 0 atom stereocenters. The monoisotopic (exact) mass is 231 g/mol. The number of rotatable bonds is 2. The molecule has 0 amide bonds. The van der Waals surface area contributed by atoms with Gasteiger partial charge in [-0.25, -0.2) is 9.48 Å². The fraction of sp³-hybridized carbons (Fsp3) is 0.538. The average molecular weight is 231 g/mol. The Balaban J connectivity index is 1.89. The molecule has 2 aromatic heterocycles. The van der Waals surface area contributed by atoms with E-state index in [2.05, 4.69) is 5.10 Å². The predicted octanol–water partition coefficient (Wildman–Crippen LogP) is 2.08. The Labute approximate surface area is 99.9 Å². The van der Waals surface area contributed by atoms with Crippen LogP contribution >= 0.6 is 0 Å². The summed E-state index contributed by atoms with van der Waals surface area (Å²) in [6.07, 6.45) is 8.19. The smallest absolute Gasteiger partial charge is 0.250 e.